The van der Waals surface area contributed by atoms with Crippen molar-refractivity contribution in [3.63, 3.8) is 0 Å². The second kappa shape index (κ2) is 16.6. The summed E-state index contributed by atoms with van der Waals surface area (Å²) in [6.07, 6.45) is 3.83. The van der Waals surface area contributed by atoms with Crippen LogP contribution in [-0.4, -0.2) is 119 Å². The van der Waals surface area contributed by atoms with Gasteiger partial charge in [0.2, 0.25) is 17.7 Å². The molecule has 1 aromatic heterocycles. The summed E-state index contributed by atoms with van der Waals surface area (Å²) in [4.78, 5) is 70.4. The molecule has 2 aliphatic heterocycles. The molecule has 3 aliphatic rings. The number of methoxy groups -OCH3 is 1. The van der Waals surface area contributed by atoms with Gasteiger partial charge in [0.05, 0.1) is 12.8 Å². The van der Waals surface area contributed by atoms with Crippen molar-refractivity contribution in [2.45, 2.75) is 63.1 Å². The second-order valence-corrected chi connectivity index (χ2v) is 13.3. The number of likely N-dealkylation sites (tertiary alicyclic amines) is 1. The number of aliphatic carboxylic acids is 1. The average molecular weight is 716 g/mol. The third-order valence-corrected chi connectivity index (χ3v) is 9.84. The lowest BCUT2D eigenvalue weighted by molar-refractivity contribution is -0.140. The summed E-state index contributed by atoms with van der Waals surface area (Å²) in [5.74, 6) is -1.84. The topological polar surface area (TPSA) is 176 Å². The maximum atomic E-state index is 13.7. The number of ether oxygens (including phenoxy) is 2. The lowest BCUT2D eigenvalue weighted by Gasteiger charge is -2.37. The maximum Gasteiger partial charge on any atom is 0.303 e. The van der Waals surface area contributed by atoms with Crippen molar-refractivity contribution in [2.24, 2.45) is 0 Å². The Hall–Kier alpha value is -5.60. The van der Waals surface area contributed by atoms with Gasteiger partial charge in [-0.15, -0.1) is 0 Å². The van der Waals surface area contributed by atoms with E-state index in [9.17, 15) is 29.1 Å². The predicted octanol–water partition coefficient (Wildman–Crippen LogP) is 2.23. The normalized spacial score (nSPS) is 17.9. The number of carboxylic acid groups (broad SMARTS) is 1. The quantitative estimate of drug-likeness (QED) is 0.225. The maximum absolute atomic E-state index is 13.7. The van der Waals surface area contributed by atoms with Crippen molar-refractivity contribution >= 4 is 35.3 Å². The summed E-state index contributed by atoms with van der Waals surface area (Å²) in [5, 5.41) is 19.6. The van der Waals surface area contributed by atoms with Gasteiger partial charge in [-0.1, -0.05) is 24.3 Å². The van der Waals surface area contributed by atoms with Crippen LogP contribution in [-0.2, 0) is 19.2 Å². The van der Waals surface area contributed by atoms with E-state index in [0.717, 1.165) is 30.7 Å². The molecule has 3 fully saturated rings. The van der Waals surface area contributed by atoms with Gasteiger partial charge in [0.15, 0.2) is 12.3 Å². The number of aromatic nitrogens is 2. The Morgan fingerprint density at radius 2 is 1.65 bits per heavy atom. The summed E-state index contributed by atoms with van der Waals surface area (Å²) in [6, 6.07) is 16.4. The molecule has 3 heterocycles. The van der Waals surface area contributed by atoms with E-state index in [1.165, 1.54) is 10.7 Å². The number of hydrogen-bond acceptors (Lipinski definition) is 9. The summed E-state index contributed by atoms with van der Waals surface area (Å²) in [7, 11) is 1.60. The smallest absolute Gasteiger partial charge is 0.303 e. The van der Waals surface area contributed by atoms with Gasteiger partial charge in [0.1, 0.15) is 17.8 Å². The van der Waals surface area contributed by atoms with Crippen LogP contribution in [0.1, 0.15) is 55.4 Å². The lowest BCUT2D eigenvalue weighted by Crippen LogP contribution is -2.55. The van der Waals surface area contributed by atoms with E-state index in [-0.39, 0.29) is 54.8 Å². The largest absolute Gasteiger partial charge is 0.497 e. The van der Waals surface area contributed by atoms with Crippen molar-refractivity contribution in [3.05, 3.63) is 66.4 Å². The number of anilines is 1. The number of rotatable bonds is 14. The SMILES string of the molecule is COc1cccc(N2CCN(C(=O)C(CCC(=O)O)NC(=O)c3cc(OCC(=O)N4CCCC4C(=O)NC4CCC4)n(-c4ccccc4)n3)CC2)c1. The van der Waals surface area contributed by atoms with Gasteiger partial charge in [-0.25, -0.2) is 4.68 Å². The molecule has 3 aromatic rings. The highest BCUT2D eigenvalue weighted by molar-refractivity contribution is 5.96. The van der Waals surface area contributed by atoms with Crippen LogP contribution in [0.2, 0.25) is 0 Å². The molecule has 15 heteroatoms. The average Bonchev–Trinajstić information content (AvgIpc) is 3.82. The minimum absolute atomic E-state index is 0.0822. The molecule has 4 amide bonds. The van der Waals surface area contributed by atoms with Crippen LogP contribution < -0.4 is 25.0 Å². The number of carboxylic acids is 1. The first-order chi connectivity index (χ1) is 25.2. The van der Waals surface area contributed by atoms with Crippen LogP contribution in [0.3, 0.4) is 0 Å². The van der Waals surface area contributed by atoms with E-state index in [4.69, 9.17) is 9.47 Å². The van der Waals surface area contributed by atoms with Gasteiger partial charge >= 0.3 is 5.97 Å². The van der Waals surface area contributed by atoms with E-state index in [0.29, 0.717) is 51.3 Å². The molecule has 0 spiro atoms. The van der Waals surface area contributed by atoms with Crippen molar-refractivity contribution in [2.75, 3.05) is 51.3 Å². The molecule has 1 aliphatic carbocycles. The van der Waals surface area contributed by atoms with E-state index in [2.05, 4.69) is 20.6 Å². The molecule has 2 unspecified atom stereocenters. The molecule has 276 valence electrons. The number of para-hydroxylation sites is 1. The number of amides is 4. The molecule has 6 rings (SSSR count). The highest BCUT2D eigenvalue weighted by Crippen LogP contribution is 2.25. The Balaban J connectivity index is 1.13. The van der Waals surface area contributed by atoms with Crippen molar-refractivity contribution in [1.29, 1.82) is 0 Å². The fourth-order valence-electron chi connectivity index (χ4n) is 6.71. The molecule has 0 radical (unpaired) electrons. The molecule has 1 saturated carbocycles. The molecule has 52 heavy (non-hydrogen) atoms. The summed E-state index contributed by atoms with van der Waals surface area (Å²) < 4.78 is 12.7. The minimum atomic E-state index is -1.11. The van der Waals surface area contributed by atoms with Crippen LogP contribution in [0.15, 0.2) is 60.7 Å². The number of benzene rings is 2. The number of carbonyl (C=O) groups is 5. The number of hydrogen-bond donors (Lipinski definition) is 3. The molecule has 2 saturated heterocycles. The lowest BCUT2D eigenvalue weighted by atomic mass is 9.93. The van der Waals surface area contributed by atoms with E-state index >= 15 is 0 Å². The van der Waals surface area contributed by atoms with E-state index in [1.807, 2.05) is 30.3 Å². The Morgan fingerprint density at radius 1 is 0.904 bits per heavy atom. The standard InChI is InChI=1S/C37H45N7O8/c1-51-28-13-6-12-27(22-28)41-18-20-42(21-19-41)37(50)29(15-16-34(46)47)39-35(48)30-23-33(44(40-30)26-10-3-2-4-11-26)52-24-32(45)43-17-7-14-31(43)36(49)38-25-8-5-9-25/h2-4,6,10-13,22-23,25,29,31H,5,7-9,14-21,24H2,1H3,(H,38,49)(H,39,48)(H,46,47). The van der Waals surface area contributed by atoms with Crippen molar-refractivity contribution in [1.82, 2.24) is 30.2 Å². The van der Waals surface area contributed by atoms with Gasteiger partial charge in [0, 0.05) is 63.0 Å². The molecule has 3 N–H and O–H groups in total. The monoisotopic (exact) mass is 715 g/mol. The highest BCUT2D eigenvalue weighted by atomic mass is 16.5. The predicted molar refractivity (Wildman–Crippen MR) is 189 cm³/mol. The Labute approximate surface area is 301 Å². The first-order valence-electron chi connectivity index (χ1n) is 17.8. The molecule has 2 aromatic carbocycles. The third kappa shape index (κ3) is 8.64. The number of nitrogens with one attached hydrogen (secondary N) is 2. The highest BCUT2D eigenvalue weighted by Gasteiger charge is 2.36. The second-order valence-electron chi connectivity index (χ2n) is 13.3. The Morgan fingerprint density at radius 3 is 2.35 bits per heavy atom. The summed E-state index contributed by atoms with van der Waals surface area (Å²) in [5.41, 5.74) is 1.45. The Bertz CT molecular complexity index is 1750. The molecule has 15 nitrogen and oxygen atoms in total. The van der Waals surface area contributed by atoms with Gasteiger partial charge in [-0.2, -0.15) is 5.10 Å². The van der Waals surface area contributed by atoms with Crippen molar-refractivity contribution in [3.8, 4) is 17.3 Å². The zero-order chi connectivity index (χ0) is 36.6. The number of nitrogens with zero attached hydrogens (tertiary/aromatic N) is 5. The third-order valence-electron chi connectivity index (χ3n) is 9.84. The summed E-state index contributed by atoms with van der Waals surface area (Å²) >= 11 is 0. The fraction of sp³-hybridized carbons (Fsp3) is 0.459. The zero-order valence-corrected chi connectivity index (χ0v) is 29.2. The number of piperazine rings is 1. The van der Waals surface area contributed by atoms with E-state index in [1.54, 1.807) is 41.2 Å². The molecular weight excluding hydrogens is 670 g/mol. The number of carbonyl (C=O) groups excluding carboxylic acids is 4. The first kappa shape index (κ1) is 36.2. The van der Waals surface area contributed by atoms with Gasteiger partial charge in [-0.3, -0.25) is 24.0 Å². The van der Waals surface area contributed by atoms with Gasteiger partial charge < -0.3 is 39.9 Å². The van der Waals surface area contributed by atoms with Gasteiger partial charge in [-0.05, 0) is 62.8 Å². The van der Waals surface area contributed by atoms with Crippen LogP contribution >= 0.6 is 0 Å². The molecule has 0 bridgehead atoms. The minimum Gasteiger partial charge on any atom is -0.497 e. The van der Waals surface area contributed by atoms with Crippen LogP contribution in [0, 0.1) is 0 Å². The zero-order valence-electron chi connectivity index (χ0n) is 29.2. The van der Waals surface area contributed by atoms with Crippen LogP contribution in [0.25, 0.3) is 5.69 Å². The van der Waals surface area contributed by atoms with Gasteiger partial charge in [0.25, 0.3) is 11.8 Å². The van der Waals surface area contributed by atoms with Crippen LogP contribution in [0.4, 0.5) is 5.69 Å². The van der Waals surface area contributed by atoms with E-state index < -0.39 is 24.0 Å². The Kier molecular flexibility index (Phi) is 11.6. The summed E-state index contributed by atoms with van der Waals surface area (Å²) in [6.45, 7) is 1.91. The fourth-order valence-corrected chi connectivity index (χ4v) is 6.71. The molecular formula is C37H45N7O8. The van der Waals surface area contributed by atoms with Crippen LogP contribution in [0.5, 0.6) is 11.6 Å². The first-order valence-corrected chi connectivity index (χ1v) is 17.8. The molecule has 2 atom stereocenters. The van der Waals surface area contributed by atoms with Crippen molar-refractivity contribution < 1.29 is 38.6 Å².